The molecule has 106 valence electrons. The highest BCUT2D eigenvalue weighted by Gasteiger charge is 2.10. The molecule has 0 saturated carbocycles. The van der Waals surface area contributed by atoms with Crippen molar-refractivity contribution < 1.29 is 4.79 Å². The molecule has 0 spiro atoms. The second-order valence-electron chi connectivity index (χ2n) is 4.07. The maximum Gasteiger partial charge on any atom is 0.255 e. The lowest BCUT2D eigenvalue weighted by atomic mass is 10.2. The van der Waals surface area contributed by atoms with Crippen LogP contribution in [0.15, 0.2) is 30.3 Å². The summed E-state index contributed by atoms with van der Waals surface area (Å²) in [4.78, 5) is 16.2. The molecular weight excluding hydrogens is 311 g/mol. The van der Waals surface area contributed by atoms with Gasteiger partial charge in [0.1, 0.15) is 17.0 Å². The normalized spacial score (nSPS) is 9.81. The van der Waals surface area contributed by atoms with E-state index in [0.717, 1.165) is 0 Å². The number of anilines is 2. The molecule has 0 saturated heterocycles. The minimum Gasteiger partial charge on any atom is -0.373 e. The topological polar surface area (TPSA) is 77.8 Å². The lowest BCUT2D eigenvalue weighted by Gasteiger charge is -2.08. The Morgan fingerprint density at radius 3 is 2.67 bits per heavy atom. The quantitative estimate of drug-likeness (QED) is 0.848. The number of hydrogen-bond acceptors (Lipinski definition) is 4. The largest absolute Gasteiger partial charge is 0.373 e. The molecule has 0 aliphatic carbocycles. The molecule has 5 nitrogen and oxygen atoms in total. The van der Waals surface area contributed by atoms with Crippen LogP contribution in [0.2, 0.25) is 10.2 Å². The summed E-state index contributed by atoms with van der Waals surface area (Å²) in [6.45, 7) is 0. The minimum atomic E-state index is -0.350. The molecule has 2 aromatic rings. The zero-order chi connectivity index (χ0) is 15.4. The SMILES string of the molecule is CNc1cc(C(=O)Nc2ccc(C#N)c(Cl)c2)cc(Cl)n1. The van der Waals surface area contributed by atoms with Crippen LogP contribution < -0.4 is 10.6 Å². The van der Waals surface area contributed by atoms with Gasteiger partial charge in [-0.1, -0.05) is 23.2 Å². The van der Waals surface area contributed by atoms with Crippen molar-refractivity contribution in [3.8, 4) is 6.07 Å². The monoisotopic (exact) mass is 320 g/mol. The molecule has 0 fully saturated rings. The first-order valence-corrected chi connectivity index (χ1v) is 6.65. The van der Waals surface area contributed by atoms with Crippen molar-refractivity contribution in [2.24, 2.45) is 0 Å². The highest BCUT2D eigenvalue weighted by molar-refractivity contribution is 6.32. The maximum atomic E-state index is 12.2. The van der Waals surface area contributed by atoms with E-state index in [2.05, 4.69) is 15.6 Å². The van der Waals surface area contributed by atoms with Crippen LogP contribution >= 0.6 is 23.2 Å². The van der Waals surface area contributed by atoms with Crippen molar-refractivity contribution in [1.29, 1.82) is 5.26 Å². The van der Waals surface area contributed by atoms with Gasteiger partial charge in [-0.05, 0) is 30.3 Å². The van der Waals surface area contributed by atoms with Gasteiger partial charge in [0.2, 0.25) is 0 Å². The highest BCUT2D eigenvalue weighted by atomic mass is 35.5. The van der Waals surface area contributed by atoms with E-state index in [1.807, 2.05) is 6.07 Å². The van der Waals surface area contributed by atoms with Crippen molar-refractivity contribution in [3.63, 3.8) is 0 Å². The number of halogens is 2. The van der Waals surface area contributed by atoms with E-state index >= 15 is 0 Å². The fourth-order valence-corrected chi connectivity index (χ4v) is 2.07. The van der Waals surface area contributed by atoms with Crippen molar-refractivity contribution in [1.82, 2.24) is 4.98 Å². The summed E-state index contributed by atoms with van der Waals surface area (Å²) < 4.78 is 0. The number of amides is 1. The number of carbonyl (C=O) groups is 1. The molecule has 0 atom stereocenters. The number of carbonyl (C=O) groups excluding carboxylic acids is 1. The van der Waals surface area contributed by atoms with Crippen LogP contribution in [0.4, 0.5) is 11.5 Å². The average Bonchev–Trinajstić information content (AvgIpc) is 2.46. The molecule has 2 rings (SSSR count). The number of pyridine rings is 1. The van der Waals surface area contributed by atoms with Gasteiger partial charge < -0.3 is 10.6 Å². The van der Waals surface area contributed by atoms with Crippen LogP contribution in [0.3, 0.4) is 0 Å². The summed E-state index contributed by atoms with van der Waals surface area (Å²) in [5.74, 6) is 0.141. The van der Waals surface area contributed by atoms with E-state index in [1.165, 1.54) is 18.2 Å². The molecule has 0 unspecified atom stereocenters. The molecule has 21 heavy (non-hydrogen) atoms. The molecule has 0 bridgehead atoms. The van der Waals surface area contributed by atoms with E-state index in [-0.39, 0.29) is 16.1 Å². The fraction of sp³-hybridized carbons (Fsp3) is 0.0714. The standard InChI is InChI=1S/C14H10Cl2N4O/c1-18-13-5-9(4-12(16)20-13)14(21)19-10-3-2-8(7-17)11(15)6-10/h2-6H,1H3,(H,18,20)(H,19,21). The van der Waals surface area contributed by atoms with Gasteiger partial charge in [0.15, 0.2) is 0 Å². The highest BCUT2D eigenvalue weighted by Crippen LogP contribution is 2.21. The predicted molar refractivity (Wildman–Crippen MR) is 82.9 cm³/mol. The summed E-state index contributed by atoms with van der Waals surface area (Å²) in [6, 6.07) is 9.64. The first-order valence-electron chi connectivity index (χ1n) is 5.90. The molecule has 1 heterocycles. The minimum absolute atomic E-state index is 0.213. The molecule has 0 aliphatic heterocycles. The second kappa shape index (κ2) is 6.44. The first kappa shape index (κ1) is 15.1. The summed E-state index contributed by atoms with van der Waals surface area (Å²) >= 11 is 11.8. The molecule has 7 heteroatoms. The number of aromatic nitrogens is 1. The van der Waals surface area contributed by atoms with E-state index in [1.54, 1.807) is 19.2 Å². The summed E-state index contributed by atoms with van der Waals surface area (Å²) in [5.41, 5.74) is 1.20. The average molecular weight is 321 g/mol. The Labute approximate surface area is 131 Å². The van der Waals surface area contributed by atoms with Crippen LogP contribution in [-0.2, 0) is 0 Å². The van der Waals surface area contributed by atoms with Gasteiger partial charge in [-0.2, -0.15) is 5.26 Å². The summed E-state index contributed by atoms with van der Waals surface area (Å²) in [7, 11) is 1.68. The summed E-state index contributed by atoms with van der Waals surface area (Å²) in [5, 5.41) is 14.8. The van der Waals surface area contributed by atoms with E-state index in [9.17, 15) is 4.79 Å². The van der Waals surface area contributed by atoms with Crippen molar-refractivity contribution in [2.45, 2.75) is 0 Å². The molecule has 1 aromatic carbocycles. The lowest BCUT2D eigenvalue weighted by Crippen LogP contribution is -2.12. The summed E-state index contributed by atoms with van der Waals surface area (Å²) in [6.07, 6.45) is 0. The Kier molecular flexibility index (Phi) is 4.63. The van der Waals surface area contributed by atoms with Crippen LogP contribution in [0.1, 0.15) is 15.9 Å². The van der Waals surface area contributed by atoms with Gasteiger partial charge in [0.05, 0.1) is 10.6 Å². The molecule has 1 aromatic heterocycles. The van der Waals surface area contributed by atoms with Gasteiger partial charge >= 0.3 is 0 Å². The Balaban J connectivity index is 2.24. The van der Waals surface area contributed by atoms with Gasteiger partial charge in [0, 0.05) is 18.3 Å². The van der Waals surface area contributed by atoms with Gasteiger partial charge in [-0.3, -0.25) is 4.79 Å². The Hall–Kier alpha value is -2.29. The Morgan fingerprint density at radius 2 is 2.05 bits per heavy atom. The van der Waals surface area contributed by atoms with Gasteiger partial charge in [-0.25, -0.2) is 4.98 Å². The molecule has 0 radical (unpaired) electrons. The smallest absolute Gasteiger partial charge is 0.255 e. The third kappa shape index (κ3) is 3.63. The number of nitrogens with one attached hydrogen (secondary N) is 2. The van der Waals surface area contributed by atoms with Crippen LogP contribution in [-0.4, -0.2) is 17.9 Å². The number of nitriles is 1. The van der Waals surface area contributed by atoms with E-state index in [0.29, 0.717) is 22.6 Å². The van der Waals surface area contributed by atoms with Gasteiger partial charge in [0.25, 0.3) is 5.91 Å². The third-order valence-corrected chi connectivity index (χ3v) is 3.17. The maximum absolute atomic E-state index is 12.2. The van der Waals surface area contributed by atoms with Crippen molar-refractivity contribution in [2.75, 3.05) is 17.7 Å². The fourth-order valence-electron chi connectivity index (χ4n) is 1.64. The van der Waals surface area contributed by atoms with E-state index < -0.39 is 0 Å². The van der Waals surface area contributed by atoms with Crippen molar-refractivity contribution in [3.05, 3.63) is 51.6 Å². The number of hydrogen-bond donors (Lipinski definition) is 2. The molecule has 1 amide bonds. The molecular formula is C14H10Cl2N4O. The second-order valence-corrected chi connectivity index (χ2v) is 4.87. The zero-order valence-electron chi connectivity index (χ0n) is 10.9. The first-order chi connectivity index (χ1) is 10.0. The van der Waals surface area contributed by atoms with E-state index in [4.69, 9.17) is 28.5 Å². The Bertz CT molecular complexity index is 740. The third-order valence-electron chi connectivity index (χ3n) is 2.66. The van der Waals surface area contributed by atoms with Crippen LogP contribution in [0.5, 0.6) is 0 Å². The number of benzene rings is 1. The number of nitrogens with zero attached hydrogens (tertiary/aromatic N) is 2. The zero-order valence-corrected chi connectivity index (χ0v) is 12.5. The van der Waals surface area contributed by atoms with Crippen molar-refractivity contribution >= 4 is 40.6 Å². The van der Waals surface area contributed by atoms with Crippen LogP contribution in [0.25, 0.3) is 0 Å². The van der Waals surface area contributed by atoms with Gasteiger partial charge in [-0.15, -0.1) is 0 Å². The van der Waals surface area contributed by atoms with Crippen LogP contribution in [0, 0.1) is 11.3 Å². The Morgan fingerprint density at radius 1 is 1.29 bits per heavy atom. The lowest BCUT2D eigenvalue weighted by molar-refractivity contribution is 0.102. The predicted octanol–water partition coefficient (Wildman–Crippen LogP) is 3.55. The molecule has 0 aliphatic rings. The molecule has 2 N–H and O–H groups in total. The number of rotatable bonds is 3.